The van der Waals surface area contributed by atoms with Gasteiger partial charge >= 0.3 is 6.03 Å². The monoisotopic (exact) mass is 418 g/mol. The minimum absolute atomic E-state index is 0.0123. The van der Waals surface area contributed by atoms with E-state index in [2.05, 4.69) is 15.2 Å². The summed E-state index contributed by atoms with van der Waals surface area (Å²) in [5, 5.41) is 3.93. The molecule has 0 atom stereocenters. The van der Waals surface area contributed by atoms with Crippen molar-refractivity contribution in [1.82, 2.24) is 20.1 Å². The summed E-state index contributed by atoms with van der Waals surface area (Å²) < 4.78 is 13.0. The minimum atomic E-state index is -0.335. The van der Waals surface area contributed by atoms with E-state index < -0.39 is 0 Å². The molecule has 0 radical (unpaired) electrons. The largest absolute Gasteiger partial charge is 0.333 e. The second-order valence-corrected chi connectivity index (χ2v) is 8.85. The second kappa shape index (κ2) is 9.93. The summed E-state index contributed by atoms with van der Waals surface area (Å²) in [6, 6.07) is 5.62. The molecule has 0 bridgehead atoms. The van der Waals surface area contributed by atoms with Gasteiger partial charge in [0.05, 0.1) is 18.1 Å². The highest BCUT2D eigenvalue weighted by Gasteiger charge is 2.23. The van der Waals surface area contributed by atoms with Crippen LogP contribution in [0.2, 0.25) is 0 Å². The van der Waals surface area contributed by atoms with Crippen LogP contribution in [0.3, 0.4) is 0 Å². The molecule has 1 N–H and O–H groups in total. The van der Waals surface area contributed by atoms with Crippen LogP contribution in [0.5, 0.6) is 0 Å². The van der Waals surface area contributed by atoms with Crippen LogP contribution in [0.4, 0.5) is 9.18 Å². The van der Waals surface area contributed by atoms with Crippen LogP contribution < -0.4 is 5.32 Å². The normalized spacial score (nSPS) is 15.3. The highest BCUT2D eigenvalue weighted by molar-refractivity contribution is 7.11. The first-order chi connectivity index (χ1) is 13.9. The number of hydrogen-bond acceptors (Lipinski definition) is 5. The summed E-state index contributed by atoms with van der Waals surface area (Å²) in [6.07, 6.45) is 3.69. The van der Waals surface area contributed by atoms with Gasteiger partial charge in [-0.2, -0.15) is 0 Å². The summed E-state index contributed by atoms with van der Waals surface area (Å²) in [6.45, 7) is 5.15. The number of benzene rings is 1. The van der Waals surface area contributed by atoms with Crippen molar-refractivity contribution in [2.75, 3.05) is 33.2 Å². The number of thiazole rings is 1. The number of nitrogens with zero attached hydrogens (tertiary/aromatic N) is 3. The molecule has 2 amide bonds. The maximum atomic E-state index is 13.0. The highest BCUT2D eigenvalue weighted by Crippen LogP contribution is 2.19. The number of carbonyl (C=O) groups is 2. The van der Waals surface area contributed by atoms with Gasteiger partial charge in [0, 0.05) is 30.2 Å². The zero-order chi connectivity index (χ0) is 20.8. The summed E-state index contributed by atoms with van der Waals surface area (Å²) in [7, 11) is 1.82. The molecule has 0 saturated carbocycles. The molecular formula is C21H27FN4O2S. The average molecular weight is 419 g/mol. The first-order valence-electron chi connectivity index (χ1n) is 9.82. The fourth-order valence-corrected chi connectivity index (χ4v) is 4.25. The molecule has 2 heterocycles. The van der Waals surface area contributed by atoms with Crippen LogP contribution in [-0.4, -0.2) is 59.8 Å². The van der Waals surface area contributed by atoms with E-state index in [0.717, 1.165) is 35.8 Å². The zero-order valence-electron chi connectivity index (χ0n) is 16.9. The SMILES string of the molecule is Cc1ncc(CNC(=O)N(C)CC2CCN(CC(=O)c3ccc(F)cc3)CC2)s1. The number of Topliss-reactive ketones (excluding diaryl/α,β-unsaturated/α-hetero) is 1. The average Bonchev–Trinajstić information content (AvgIpc) is 3.13. The van der Waals surface area contributed by atoms with E-state index in [9.17, 15) is 14.0 Å². The van der Waals surface area contributed by atoms with Gasteiger partial charge in [-0.3, -0.25) is 9.69 Å². The maximum absolute atomic E-state index is 13.0. The molecule has 8 heteroatoms. The van der Waals surface area contributed by atoms with E-state index in [0.29, 0.717) is 31.1 Å². The Hall–Kier alpha value is -2.32. The van der Waals surface area contributed by atoms with Crippen molar-refractivity contribution in [1.29, 1.82) is 0 Å². The summed E-state index contributed by atoms with van der Waals surface area (Å²) in [4.78, 5) is 33.7. The lowest BCUT2D eigenvalue weighted by Crippen LogP contribution is -2.43. The number of rotatable bonds is 7. The van der Waals surface area contributed by atoms with E-state index in [4.69, 9.17) is 0 Å². The van der Waals surface area contributed by atoms with Crippen LogP contribution in [0.1, 0.15) is 33.1 Å². The Kier molecular flexibility index (Phi) is 7.33. The Bertz CT molecular complexity index is 831. The smallest absolute Gasteiger partial charge is 0.317 e. The van der Waals surface area contributed by atoms with Gasteiger partial charge in [-0.15, -0.1) is 11.3 Å². The van der Waals surface area contributed by atoms with Gasteiger partial charge in [-0.05, 0) is 63.0 Å². The van der Waals surface area contributed by atoms with Crippen molar-refractivity contribution in [3.8, 4) is 0 Å². The summed E-state index contributed by atoms with van der Waals surface area (Å²) in [5.74, 6) is 0.101. The molecule has 3 rings (SSSR count). The molecule has 1 aromatic carbocycles. The van der Waals surface area contributed by atoms with Crippen molar-refractivity contribution < 1.29 is 14.0 Å². The van der Waals surface area contributed by atoms with Crippen LogP contribution in [0.15, 0.2) is 30.5 Å². The van der Waals surface area contributed by atoms with Gasteiger partial charge < -0.3 is 10.2 Å². The third-order valence-corrected chi connectivity index (χ3v) is 6.12. The Labute approximate surface area is 174 Å². The zero-order valence-corrected chi connectivity index (χ0v) is 17.7. The summed E-state index contributed by atoms with van der Waals surface area (Å²) >= 11 is 1.59. The fraction of sp³-hybridized carbons (Fsp3) is 0.476. The number of piperidine rings is 1. The molecule has 6 nitrogen and oxygen atoms in total. The number of hydrogen-bond donors (Lipinski definition) is 1. The molecule has 1 aliphatic rings. The molecular weight excluding hydrogens is 391 g/mol. The molecule has 1 fully saturated rings. The van der Waals surface area contributed by atoms with Gasteiger partial charge in [0.1, 0.15) is 5.82 Å². The standard InChI is InChI=1S/C21H27FN4O2S/c1-15-23-11-19(29-15)12-24-21(28)25(2)13-16-7-9-26(10-8-16)14-20(27)17-3-5-18(22)6-4-17/h3-6,11,16H,7-10,12-14H2,1-2H3,(H,24,28). The number of aryl methyl sites for hydroxylation is 1. The number of likely N-dealkylation sites (tertiary alicyclic amines) is 1. The van der Waals surface area contributed by atoms with Gasteiger partial charge in [0.2, 0.25) is 0 Å². The van der Waals surface area contributed by atoms with E-state index >= 15 is 0 Å². The van der Waals surface area contributed by atoms with Crippen molar-refractivity contribution >= 4 is 23.2 Å². The van der Waals surface area contributed by atoms with E-state index in [1.165, 1.54) is 24.3 Å². The first kappa shape index (κ1) is 21.4. The number of ketones is 1. The third kappa shape index (κ3) is 6.33. The number of urea groups is 1. The van der Waals surface area contributed by atoms with Crippen LogP contribution >= 0.6 is 11.3 Å². The van der Waals surface area contributed by atoms with Crippen molar-refractivity contribution in [3.05, 3.63) is 51.7 Å². The van der Waals surface area contributed by atoms with E-state index in [1.807, 2.05) is 14.0 Å². The molecule has 29 heavy (non-hydrogen) atoms. The quantitative estimate of drug-likeness (QED) is 0.701. The third-order valence-electron chi connectivity index (χ3n) is 5.20. The topological polar surface area (TPSA) is 65.5 Å². The number of carbonyl (C=O) groups excluding carboxylic acids is 2. The lowest BCUT2D eigenvalue weighted by atomic mass is 9.96. The Balaban J connectivity index is 1.38. The van der Waals surface area contributed by atoms with Gasteiger partial charge in [-0.25, -0.2) is 14.2 Å². The highest BCUT2D eigenvalue weighted by atomic mass is 32.1. The summed E-state index contributed by atoms with van der Waals surface area (Å²) in [5.41, 5.74) is 0.543. The molecule has 0 unspecified atom stereocenters. The molecule has 156 valence electrons. The van der Waals surface area contributed by atoms with E-state index in [-0.39, 0.29) is 17.6 Å². The molecule has 1 aromatic heterocycles. The van der Waals surface area contributed by atoms with Crippen LogP contribution in [0, 0.1) is 18.7 Å². The molecule has 1 saturated heterocycles. The molecule has 1 aliphatic heterocycles. The van der Waals surface area contributed by atoms with Crippen molar-refractivity contribution in [3.63, 3.8) is 0 Å². The maximum Gasteiger partial charge on any atom is 0.317 e. The predicted molar refractivity (Wildman–Crippen MR) is 112 cm³/mol. The lowest BCUT2D eigenvalue weighted by molar-refractivity contribution is 0.0887. The number of halogens is 1. The van der Waals surface area contributed by atoms with Crippen LogP contribution in [-0.2, 0) is 6.54 Å². The first-order valence-corrected chi connectivity index (χ1v) is 10.6. The van der Waals surface area contributed by atoms with Gasteiger partial charge in [0.15, 0.2) is 5.78 Å². The fourth-order valence-electron chi connectivity index (χ4n) is 3.51. The Morgan fingerprint density at radius 3 is 2.59 bits per heavy atom. The Morgan fingerprint density at radius 1 is 1.28 bits per heavy atom. The van der Waals surface area contributed by atoms with Gasteiger partial charge in [0.25, 0.3) is 0 Å². The number of nitrogens with one attached hydrogen (secondary N) is 1. The predicted octanol–water partition coefficient (Wildman–Crippen LogP) is 3.33. The Morgan fingerprint density at radius 2 is 1.97 bits per heavy atom. The number of aromatic nitrogens is 1. The van der Waals surface area contributed by atoms with Gasteiger partial charge in [-0.1, -0.05) is 0 Å². The minimum Gasteiger partial charge on any atom is -0.333 e. The van der Waals surface area contributed by atoms with E-state index in [1.54, 1.807) is 22.4 Å². The molecule has 0 spiro atoms. The van der Waals surface area contributed by atoms with Crippen molar-refractivity contribution in [2.24, 2.45) is 5.92 Å². The molecule has 0 aliphatic carbocycles. The second-order valence-electron chi connectivity index (χ2n) is 7.53. The van der Waals surface area contributed by atoms with Crippen LogP contribution in [0.25, 0.3) is 0 Å². The number of amides is 2. The molecule has 2 aromatic rings. The van der Waals surface area contributed by atoms with Crippen molar-refractivity contribution in [2.45, 2.75) is 26.3 Å². The lowest BCUT2D eigenvalue weighted by Gasteiger charge is -2.33.